The highest BCUT2D eigenvalue weighted by molar-refractivity contribution is 4.86. The van der Waals surface area contributed by atoms with E-state index in [2.05, 4.69) is 0 Å². The topological polar surface area (TPSA) is 90.2 Å². The molecule has 0 unspecified atom stereocenters. The van der Waals surface area contributed by atoms with Crippen molar-refractivity contribution in [3.63, 3.8) is 0 Å². The molecule has 4 N–H and O–H groups in total. The SMILES string of the molecule is C[C@@H]1C[C@H](O)[C@H](O)[C@H](O)[C@@H](CO)O1. The van der Waals surface area contributed by atoms with E-state index in [0.717, 1.165) is 0 Å². The summed E-state index contributed by atoms with van der Waals surface area (Å²) in [5.74, 6) is 0. The lowest BCUT2D eigenvalue weighted by molar-refractivity contribution is -0.115. The van der Waals surface area contributed by atoms with Crippen LogP contribution in [-0.2, 0) is 4.74 Å². The third-order valence-electron chi connectivity index (χ3n) is 2.29. The Morgan fingerprint density at radius 1 is 1.23 bits per heavy atom. The molecule has 0 saturated carbocycles. The highest BCUT2D eigenvalue weighted by atomic mass is 16.5. The molecule has 0 bridgehead atoms. The number of hydrogen-bond donors (Lipinski definition) is 4. The van der Waals surface area contributed by atoms with E-state index in [9.17, 15) is 15.3 Å². The minimum absolute atomic E-state index is 0.259. The van der Waals surface area contributed by atoms with Gasteiger partial charge in [-0.1, -0.05) is 0 Å². The molecule has 0 aromatic heterocycles. The van der Waals surface area contributed by atoms with Crippen LogP contribution in [-0.4, -0.2) is 57.6 Å². The van der Waals surface area contributed by atoms with E-state index in [0.29, 0.717) is 0 Å². The van der Waals surface area contributed by atoms with Crippen LogP contribution in [0.4, 0.5) is 0 Å². The molecule has 1 aliphatic rings. The van der Waals surface area contributed by atoms with E-state index in [-0.39, 0.29) is 19.1 Å². The summed E-state index contributed by atoms with van der Waals surface area (Å²) in [5.41, 5.74) is 0. The van der Waals surface area contributed by atoms with Crippen molar-refractivity contribution in [3.8, 4) is 0 Å². The zero-order valence-electron chi connectivity index (χ0n) is 7.50. The molecule has 0 aliphatic carbocycles. The van der Waals surface area contributed by atoms with E-state index >= 15 is 0 Å². The van der Waals surface area contributed by atoms with Gasteiger partial charge in [0.05, 0.1) is 18.8 Å². The molecular formula is C8H16O5. The first-order valence-electron chi connectivity index (χ1n) is 4.36. The van der Waals surface area contributed by atoms with E-state index in [4.69, 9.17) is 9.84 Å². The molecule has 1 saturated heterocycles. The van der Waals surface area contributed by atoms with E-state index in [1.54, 1.807) is 6.92 Å². The van der Waals surface area contributed by atoms with Crippen LogP contribution in [0.5, 0.6) is 0 Å². The second kappa shape index (κ2) is 4.34. The summed E-state index contributed by atoms with van der Waals surface area (Å²) in [6.07, 6.45) is -4.32. The van der Waals surface area contributed by atoms with Gasteiger partial charge in [0.1, 0.15) is 18.3 Å². The Kier molecular flexibility index (Phi) is 3.63. The molecule has 1 rings (SSSR count). The van der Waals surface area contributed by atoms with Crippen molar-refractivity contribution in [1.29, 1.82) is 0 Å². The first-order chi connectivity index (χ1) is 6.06. The maximum atomic E-state index is 9.41. The number of ether oxygens (including phenoxy) is 1. The van der Waals surface area contributed by atoms with Crippen LogP contribution >= 0.6 is 0 Å². The molecular weight excluding hydrogens is 176 g/mol. The highest BCUT2D eigenvalue weighted by Gasteiger charge is 2.36. The summed E-state index contributed by atoms with van der Waals surface area (Å²) in [4.78, 5) is 0. The second-order valence-corrected chi connectivity index (χ2v) is 3.45. The Labute approximate surface area is 76.6 Å². The maximum absolute atomic E-state index is 9.41. The van der Waals surface area contributed by atoms with E-state index in [1.165, 1.54) is 0 Å². The predicted molar refractivity (Wildman–Crippen MR) is 44.1 cm³/mol. The molecule has 0 amide bonds. The molecule has 1 heterocycles. The third-order valence-corrected chi connectivity index (χ3v) is 2.29. The van der Waals surface area contributed by atoms with Crippen molar-refractivity contribution in [2.75, 3.05) is 6.61 Å². The van der Waals surface area contributed by atoms with Gasteiger partial charge in [-0.25, -0.2) is 0 Å². The van der Waals surface area contributed by atoms with Crippen LogP contribution in [0.15, 0.2) is 0 Å². The summed E-state index contributed by atoms with van der Waals surface area (Å²) in [6, 6.07) is 0. The van der Waals surface area contributed by atoms with Gasteiger partial charge in [0.25, 0.3) is 0 Å². The smallest absolute Gasteiger partial charge is 0.111 e. The fourth-order valence-electron chi connectivity index (χ4n) is 1.51. The minimum Gasteiger partial charge on any atom is -0.394 e. The number of hydrogen-bond acceptors (Lipinski definition) is 5. The van der Waals surface area contributed by atoms with Gasteiger partial charge in [-0.05, 0) is 6.92 Å². The lowest BCUT2D eigenvalue weighted by Crippen LogP contribution is -2.44. The summed E-state index contributed by atoms with van der Waals surface area (Å²) in [5, 5.41) is 36.9. The largest absolute Gasteiger partial charge is 0.394 e. The van der Waals surface area contributed by atoms with Crippen molar-refractivity contribution in [2.45, 2.75) is 43.9 Å². The van der Waals surface area contributed by atoms with Crippen LogP contribution < -0.4 is 0 Å². The quantitative estimate of drug-likeness (QED) is 0.395. The van der Waals surface area contributed by atoms with Crippen LogP contribution in [0, 0.1) is 0 Å². The maximum Gasteiger partial charge on any atom is 0.111 e. The molecule has 0 radical (unpaired) electrons. The zero-order valence-corrected chi connectivity index (χ0v) is 7.50. The Hall–Kier alpha value is -0.200. The first-order valence-corrected chi connectivity index (χ1v) is 4.36. The molecule has 0 spiro atoms. The highest BCUT2D eigenvalue weighted by Crippen LogP contribution is 2.19. The van der Waals surface area contributed by atoms with Gasteiger partial charge in [-0.3, -0.25) is 0 Å². The van der Waals surface area contributed by atoms with Gasteiger partial charge in [0.15, 0.2) is 0 Å². The average molecular weight is 192 g/mol. The standard InChI is InChI=1S/C8H16O5/c1-4-2-5(10)7(11)8(12)6(3-9)13-4/h4-12H,2-3H2,1H3/t4-,5+,6-,7+,8-/m1/s1. The fourth-order valence-corrected chi connectivity index (χ4v) is 1.51. The molecule has 78 valence electrons. The van der Waals surface area contributed by atoms with Gasteiger partial charge < -0.3 is 25.2 Å². The van der Waals surface area contributed by atoms with Crippen molar-refractivity contribution in [1.82, 2.24) is 0 Å². The Morgan fingerprint density at radius 3 is 2.38 bits per heavy atom. The van der Waals surface area contributed by atoms with E-state index < -0.39 is 24.4 Å². The van der Waals surface area contributed by atoms with Gasteiger partial charge in [-0.15, -0.1) is 0 Å². The molecule has 1 fully saturated rings. The summed E-state index contributed by atoms with van der Waals surface area (Å²) >= 11 is 0. The normalized spacial score (nSPS) is 47.3. The molecule has 5 atom stereocenters. The number of aliphatic hydroxyl groups excluding tert-OH is 4. The lowest BCUT2D eigenvalue weighted by Gasteiger charge is -2.23. The van der Waals surface area contributed by atoms with Gasteiger partial charge in [-0.2, -0.15) is 0 Å². The minimum atomic E-state index is -1.25. The Morgan fingerprint density at radius 2 is 1.85 bits per heavy atom. The molecule has 13 heavy (non-hydrogen) atoms. The lowest BCUT2D eigenvalue weighted by atomic mass is 10.0. The van der Waals surface area contributed by atoms with Crippen LogP contribution in [0.25, 0.3) is 0 Å². The van der Waals surface area contributed by atoms with Gasteiger partial charge in [0.2, 0.25) is 0 Å². The van der Waals surface area contributed by atoms with E-state index in [1.807, 2.05) is 0 Å². The zero-order chi connectivity index (χ0) is 10.0. The van der Waals surface area contributed by atoms with Crippen molar-refractivity contribution >= 4 is 0 Å². The first kappa shape index (κ1) is 10.9. The van der Waals surface area contributed by atoms with Crippen molar-refractivity contribution in [2.24, 2.45) is 0 Å². The van der Waals surface area contributed by atoms with Crippen molar-refractivity contribution < 1.29 is 25.2 Å². The molecule has 0 aromatic carbocycles. The van der Waals surface area contributed by atoms with Gasteiger partial charge >= 0.3 is 0 Å². The van der Waals surface area contributed by atoms with Crippen LogP contribution in [0.1, 0.15) is 13.3 Å². The Bertz CT molecular complexity index is 163. The molecule has 1 aliphatic heterocycles. The number of aliphatic hydroxyl groups is 4. The van der Waals surface area contributed by atoms with Crippen LogP contribution in [0.2, 0.25) is 0 Å². The second-order valence-electron chi connectivity index (χ2n) is 3.45. The number of rotatable bonds is 1. The molecule has 5 nitrogen and oxygen atoms in total. The summed E-state index contributed by atoms with van der Waals surface area (Å²) in [6.45, 7) is 1.35. The van der Waals surface area contributed by atoms with Crippen molar-refractivity contribution in [3.05, 3.63) is 0 Å². The fraction of sp³-hybridized carbons (Fsp3) is 1.00. The average Bonchev–Trinajstić information content (AvgIpc) is 2.18. The van der Waals surface area contributed by atoms with Gasteiger partial charge in [0, 0.05) is 6.42 Å². The molecule has 0 aromatic rings. The summed E-state index contributed by atoms with van der Waals surface area (Å²) in [7, 11) is 0. The third kappa shape index (κ3) is 2.38. The molecule has 5 heteroatoms. The predicted octanol–water partition coefficient (Wildman–Crippen LogP) is -1.76. The summed E-state index contributed by atoms with van der Waals surface area (Å²) < 4.78 is 5.19. The Balaban J connectivity index is 2.69. The van der Waals surface area contributed by atoms with Crippen LogP contribution in [0.3, 0.4) is 0 Å². The monoisotopic (exact) mass is 192 g/mol.